The zero-order valence-corrected chi connectivity index (χ0v) is 17.8. The summed E-state index contributed by atoms with van der Waals surface area (Å²) in [5, 5.41) is 3.07. The maximum Gasteiger partial charge on any atom is 0.196 e. The summed E-state index contributed by atoms with van der Waals surface area (Å²) in [5.41, 5.74) is 8.63. The molecule has 0 saturated heterocycles. The van der Waals surface area contributed by atoms with E-state index in [-0.39, 0.29) is 27.9 Å². The summed E-state index contributed by atoms with van der Waals surface area (Å²) < 4.78 is 35.7. The van der Waals surface area contributed by atoms with Crippen LogP contribution in [0.3, 0.4) is 0 Å². The first kappa shape index (κ1) is 20.4. The van der Waals surface area contributed by atoms with Gasteiger partial charge >= 0.3 is 0 Å². The minimum atomic E-state index is -4.99. The number of nitrogens with two attached hydrogens (primary N) is 1. The van der Waals surface area contributed by atoms with Gasteiger partial charge in [-0.3, -0.25) is 9.59 Å². The van der Waals surface area contributed by atoms with E-state index in [1.165, 1.54) is 23.3 Å². The van der Waals surface area contributed by atoms with Gasteiger partial charge in [0.1, 0.15) is 10.1 Å². The molecule has 2 aliphatic carbocycles. The molecule has 0 saturated carbocycles. The lowest BCUT2D eigenvalue weighted by Gasteiger charge is -2.25. The Morgan fingerprint density at radius 3 is 2.12 bits per heavy atom. The zero-order chi connectivity index (χ0) is 22.6. The molecule has 0 spiro atoms. The third kappa shape index (κ3) is 3.19. The fourth-order valence-corrected chi connectivity index (χ4v) is 5.20. The molecule has 0 heterocycles. The molecule has 0 radical (unpaired) electrons. The Hall–Kier alpha value is -3.49. The number of carbonyl (C=O) groups excluding carboxylic acids is 2. The molecule has 32 heavy (non-hydrogen) atoms. The van der Waals surface area contributed by atoms with Gasteiger partial charge in [-0.15, -0.1) is 0 Å². The molecule has 162 valence electrons. The molecule has 0 atom stereocenters. The Morgan fingerprint density at radius 1 is 0.844 bits per heavy atom. The average molecular weight is 447 g/mol. The first-order valence-corrected chi connectivity index (χ1v) is 11.7. The van der Waals surface area contributed by atoms with Crippen molar-refractivity contribution in [3.63, 3.8) is 0 Å². The van der Waals surface area contributed by atoms with E-state index in [9.17, 15) is 22.6 Å². The SMILES string of the molecule is Nc1c(S(=O)(=O)[O-])cc(Nc2ccc3c(c2)CCCC3)c2c1C(=O)c1ccccc1C2=O. The van der Waals surface area contributed by atoms with Gasteiger partial charge in [-0.2, -0.15) is 0 Å². The van der Waals surface area contributed by atoms with Crippen molar-refractivity contribution in [1.29, 1.82) is 0 Å². The molecule has 3 N–H and O–H groups in total. The lowest BCUT2D eigenvalue weighted by molar-refractivity contribution is 0.0980. The predicted molar refractivity (Wildman–Crippen MR) is 118 cm³/mol. The van der Waals surface area contributed by atoms with Crippen molar-refractivity contribution in [2.24, 2.45) is 0 Å². The molecule has 3 aromatic carbocycles. The van der Waals surface area contributed by atoms with Crippen molar-refractivity contribution in [3.8, 4) is 0 Å². The molecule has 7 nitrogen and oxygen atoms in total. The maximum absolute atomic E-state index is 13.3. The van der Waals surface area contributed by atoms with E-state index in [0.29, 0.717) is 5.69 Å². The minimum absolute atomic E-state index is 0.0312. The third-order valence-corrected chi connectivity index (χ3v) is 6.97. The van der Waals surface area contributed by atoms with E-state index in [0.717, 1.165) is 31.7 Å². The van der Waals surface area contributed by atoms with Crippen molar-refractivity contribution < 1.29 is 22.6 Å². The largest absolute Gasteiger partial charge is 0.744 e. The van der Waals surface area contributed by atoms with Crippen LogP contribution in [0.4, 0.5) is 17.1 Å². The number of fused-ring (bicyclic) bond motifs is 3. The van der Waals surface area contributed by atoms with Gasteiger partial charge in [-0.05, 0) is 55.0 Å². The smallest absolute Gasteiger partial charge is 0.196 e. The molecular weight excluding hydrogens is 428 g/mol. The summed E-state index contributed by atoms with van der Waals surface area (Å²) in [7, 11) is -4.99. The average Bonchev–Trinajstić information content (AvgIpc) is 2.77. The van der Waals surface area contributed by atoms with E-state index >= 15 is 0 Å². The molecule has 3 aromatic rings. The van der Waals surface area contributed by atoms with Crippen LogP contribution in [0.1, 0.15) is 55.8 Å². The first-order valence-electron chi connectivity index (χ1n) is 10.3. The van der Waals surface area contributed by atoms with Gasteiger partial charge in [-0.1, -0.05) is 30.3 Å². The van der Waals surface area contributed by atoms with Crippen LogP contribution in [0.25, 0.3) is 0 Å². The van der Waals surface area contributed by atoms with Gasteiger partial charge in [0.15, 0.2) is 11.6 Å². The van der Waals surface area contributed by atoms with Crippen LogP contribution in [0.2, 0.25) is 0 Å². The lowest BCUT2D eigenvalue weighted by Crippen LogP contribution is -2.25. The van der Waals surface area contributed by atoms with Crippen molar-refractivity contribution in [2.45, 2.75) is 30.6 Å². The van der Waals surface area contributed by atoms with Gasteiger partial charge in [0.25, 0.3) is 0 Å². The summed E-state index contributed by atoms with van der Waals surface area (Å²) in [6.45, 7) is 0. The highest BCUT2D eigenvalue weighted by Crippen LogP contribution is 2.40. The molecule has 0 aromatic heterocycles. The van der Waals surface area contributed by atoms with Crippen molar-refractivity contribution >= 4 is 38.7 Å². The number of nitrogens with one attached hydrogen (secondary N) is 1. The van der Waals surface area contributed by atoms with Crippen LogP contribution in [0.15, 0.2) is 53.4 Å². The summed E-state index contributed by atoms with van der Waals surface area (Å²) in [5.74, 6) is -1.05. The topological polar surface area (TPSA) is 129 Å². The molecule has 0 aliphatic heterocycles. The highest BCUT2D eigenvalue weighted by Gasteiger charge is 2.35. The van der Waals surface area contributed by atoms with Crippen LogP contribution < -0.4 is 11.1 Å². The molecule has 0 unspecified atom stereocenters. The van der Waals surface area contributed by atoms with Gasteiger partial charge in [0, 0.05) is 16.8 Å². The predicted octanol–water partition coefficient (Wildman–Crippen LogP) is 3.57. The van der Waals surface area contributed by atoms with E-state index < -0.39 is 32.3 Å². The fraction of sp³-hybridized carbons (Fsp3) is 0.167. The number of hydrogen-bond acceptors (Lipinski definition) is 7. The van der Waals surface area contributed by atoms with Crippen LogP contribution in [0.5, 0.6) is 0 Å². The normalized spacial score (nSPS) is 15.0. The summed E-state index contributed by atoms with van der Waals surface area (Å²) >= 11 is 0. The molecule has 8 heteroatoms. The quantitative estimate of drug-likeness (QED) is 0.363. The van der Waals surface area contributed by atoms with E-state index in [2.05, 4.69) is 5.32 Å². The lowest BCUT2D eigenvalue weighted by atomic mass is 9.82. The second kappa shape index (κ2) is 7.29. The standard InChI is InChI=1S/C24H20N2O5S/c25-22-19(32(29,30)31)12-18(26-15-10-9-13-5-1-2-6-14(13)11-15)20-21(22)24(28)17-8-4-3-7-16(17)23(20)27/h3-4,7-12,26H,1-2,5-6,25H2,(H,29,30,31)/p-1. The van der Waals surface area contributed by atoms with E-state index in [1.807, 2.05) is 18.2 Å². The second-order valence-corrected chi connectivity index (χ2v) is 9.41. The Balaban J connectivity index is 1.73. The molecule has 0 fully saturated rings. The number of ketones is 2. The number of aryl methyl sites for hydroxylation is 2. The minimum Gasteiger partial charge on any atom is -0.744 e. The summed E-state index contributed by atoms with van der Waals surface area (Å²) in [6, 6.07) is 13.1. The fourth-order valence-electron chi connectivity index (χ4n) is 4.57. The van der Waals surface area contributed by atoms with E-state index in [1.54, 1.807) is 12.1 Å². The van der Waals surface area contributed by atoms with Crippen molar-refractivity contribution in [2.75, 3.05) is 11.1 Å². The van der Waals surface area contributed by atoms with Crippen molar-refractivity contribution in [3.05, 3.63) is 81.9 Å². The number of hydrogen-bond donors (Lipinski definition) is 2. The molecule has 5 rings (SSSR count). The Kier molecular flexibility index (Phi) is 4.65. The molecular formula is C24H19N2O5S-. The molecule has 0 bridgehead atoms. The Labute approximate surface area is 185 Å². The Bertz CT molecular complexity index is 1430. The number of nitrogen functional groups attached to an aromatic ring is 1. The number of carbonyl (C=O) groups is 2. The Morgan fingerprint density at radius 2 is 1.47 bits per heavy atom. The summed E-state index contributed by atoms with van der Waals surface area (Å²) in [6.07, 6.45) is 4.13. The number of rotatable bonds is 3. The monoisotopic (exact) mass is 447 g/mol. The van der Waals surface area contributed by atoms with Gasteiger partial charge < -0.3 is 15.6 Å². The summed E-state index contributed by atoms with van der Waals surface area (Å²) in [4.78, 5) is 25.8. The number of benzene rings is 3. The van der Waals surface area contributed by atoms with Gasteiger partial charge in [0.2, 0.25) is 0 Å². The van der Waals surface area contributed by atoms with Gasteiger partial charge in [0.05, 0.1) is 27.4 Å². The molecule has 0 amide bonds. The maximum atomic E-state index is 13.3. The zero-order valence-electron chi connectivity index (χ0n) is 17.0. The van der Waals surface area contributed by atoms with Gasteiger partial charge in [-0.25, -0.2) is 8.42 Å². The second-order valence-electron chi connectivity index (χ2n) is 8.06. The van der Waals surface area contributed by atoms with Crippen LogP contribution in [-0.2, 0) is 23.0 Å². The van der Waals surface area contributed by atoms with Crippen molar-refractivity contribution in [1.82, 2.24) is 0 Å². The highest BCUT2D eigenvalue weighted by molar-refractivity contribution is 7.86. The van der Waals surface area contributed by atoms with E-state index in [4.69, 9.17) is 5.73 Å². The number of anilines is 3. The first-order chi connectivity index (χ1) is 15.3. The van der Waals surface area contributed by atoms with Crippen LogP contribution >= 0.6 is 0 Å². The van der Waals surface area contributed by atoms with Crippen LogP contribution in [-0.4, -0.2) is 24.5 Å². The third-order valence-electron chi connectivity index (χ3n) is 6.10. The molecule has 2 aliphatic rings. The van der Waals surface area contributed by atoms with Crippen LogP contribution in [0, 0.1) is 0 Å². The highest BCUT2D eigenvalue weighted by atomic mass is 32.2.